The second-order valence-corrected chi connectivity index (χ2v) is 8.04. The molecule has 4 heterocycles. The van der Waals surface area contributed by atoms with Crippen LogP contribution in [0.3, 0.4) is 0 Å². The first-order chi connectivity index (χ1) is 11.5. The van der Waals surface area contributed by atoms with Crippen molar-refractivity contribution in [3.63, 3.8) is 0 Å². The Morgan fingerprint density at radius 2 is 1.79 bits per heavy atom. The first-order valence-electron chi connectivity index (χ1n) is 9.18. The van der Waals surface area contributed by atoms with Crippen molar-refractivity contribution >= 4 is 5.91 Å². The molecule has 4 aliphatic rings. The number of benzene rings is 1. The minimum Gasteiger partial charge on any atom is -0.369 e. The van der Waals surface area contributed by atoms with Gasteiger partial charge in [-0.1, -0.05) is 30.3 Å². The molecule has 0 spiro atoms. The van der Waals surface area contributed by atoms with E-state index in [0.717, 1.165) is 6.54 Å². The fourth-order valence-electron chi connectivity index (χ4n) is 5.08. The molecule has 1 aromatic rings. The predicted octanol–water partition coefficient (Wildman–Crippen LogP) is 2.50. The fraction of sp³-hybridized carbons (Fsp3) is 0.650. The second-order valence-electron chi connectivity index (χ2n) is 8.04. The van der Waals surface area contributed by atoms with Crippen molar-refractivity contribution in [1.82, 2.24) is 9.80 Å². The zero-order valence-electron chi connectivity index (χ0n) is 14.9. The van der Waals surface area contributed by atoms with Gasteiger partial charge >= 0.3 is 0 Å². The topological polar surface area (TPSA) is 32.8 Å². The van der Waals surface area contributed by atoms with Crippen molar-refractivity contribution in [2.24, 2.45) is 5.92 Å². The second kappa shape index (κ2) is 5.85. The van der Waals surface area contributed by atoms with Crippen LogP contribution in [0.1, 0.15) is 38.2 Å². The minimum atomic E-state index is -0.748. The van der Waals surface area contributed by atoms with E-state index in [1.807, 2.05) is 13.8 Å². The number of amides is 1. The van der Waals surface area contributed by atoms with E-state index >= 15 is 0 Å². The molecule has 4 heteroatoms. The number of carbonyl (C=O) groups excluding carboxylic acids is 1. The van der Waals surface area contributed by atoms with Gasteiger partial charge < -0.3 is 9.64 Å². The van der Waals surface area contributed by atoms with Crippen molar-refractivity contribution in [2.75, 3.05) is 26.7 Å². The smallest absolute Gasteiger partial charge is 0.254 e. The minimum absolute atomic E-state index is 0.146. The quantitative estimate of drug-likeness (QED) is 0.855. The number of rotatable bonds is 3. The number of likely N-dealkylation sites (tertiary alicyclic amines) is 1. The molecule has 0 N–H and O–H groups in total. The van der Waals surface area contributed by atoms with E-state index in [-0.39, 0.29) is 5.91 Å². The lowest BCUT2D eigenvalue weighted by molar-refractivity contribution is -0.155. The van der Waals surface area contributed by atoms with E-state index in [1.165, 1.54) is 31.5 Å². The average molecular weight is 328 g/mol. The predicted molar refractivity (Wildman–Crippen MR) is 93.9 cm³/mol. The Hall–Kier alpha value is -1.39. The van der Waals surface area contributed by atoms with E-state index in [4.69, 9.17) is 4.74 Å². The normalized spacial score (nSPS) is 35.1. The largest absolute Gasteiger partial charge is 0.369 e. The number of nitrogens with zero attached hydrogens (tertiary/aromatic N) is 2. The molecule has 2 bridgehead atoms. The summed E-state index contributed by atoms with van der Waals surface area (Å²) in [6, 6.07) is 11.6. The van der Waals surface area contributed by atoms with E-state index in [1.54, 1.807) is 7.11 Å². The van der Waals surface area contributed by atoms with Gasteiger partial charge in [0.15, 0.2) is 0 Å². The summed E-state index contributed by atoms with van der Waals surface area (Å²) in [5.74, 6) is 1.20. The van der Waals surface area contributed by atoms with Gasteiger partial charge in [-0.15, -0.1) is 0 Å². The lowest BCUT2D eigenvalue weighted by Crippen LogP contribution is -2.62. The van der Waals surface area contributed by atoms with Gasteiger partial charge in [-0.2, -0.15) is 0 Å². The number of fused-ring (bicyclic) bond motifs is 2. The third-order valence-electron chi connectivity index (χ3n) is 6.51. The standard InChI is InChI=1S/C20H28N2O2/c1-20(2,24-3)19(23)22-13-16(14-7-5-4-6-8-14)18-17(22)15-9-11-21(18)12-10-15/h4-8,15-18H,9-13H2,1-3H3/t16-,17-,18-/m1/s1. The van der Waals surface area contributed by atoms with Gasteiger partial charge in [-0.3, -0.25) is 9.69 Å². The summed E-state index contributed by atoms with van der Waals surface area (Å²) in [5, 5.41) is 0. The molecule has 4 fully saturated rings. The van der Waals surface area contributed by atoms with Crippen LogP contribution in [-0.2, 0) is 9.53 Å². The number of methoxy groups -OCH3 is 1. The van der Waals surface area contributed by atoms with Gasteiger partial charge in [0.1, 0.15) is 5.60 Å². The highest BCUT2D eigenvalue weighted by molar-refractivity contribution is 5.85. The van der Waals surface area contributed by atoms with Gasteiger partial charge in [-0.25, -0.2) is 0 Å². The van der Waals surface area contributed by atoms with E-state index in [0.29, 0.717) is 23.9 Å². The van der Waals surface area contributed by atoms with Gasteiger partial charge in [0.05, 0.1) is 6.04 Å². The van der Waals surface area contributed by atoms with Crippen LogP contribution in [0.2, 0.25) is 0 Å². The maximum absolute atomic E-state index is 13.2. The molecule has 0 saturated carbocycles. The van der Waals surface area contributed by atoms with Crippen LogP contribution in [0.25, 0.3) is 0 Å². The molecule has 0 aromatic heterocycles. The fourth-order valence-corrected chi connectivity index (χ4v) is 5.08. The Kier molecular flexibility index (Phi) is 3.92. The highest BCUT2D eigenvalue weighted by Gasteiger charge is 2.56. The van der Waals surface area contributed by atoms with Crippen molar-refractivity contribution in [3.8, 4) is 0 Å². The van der Waals surface area contributed by atoms with Gasteiger partial charge in [0.2, 0.25) is 0 Å². The summed E-state index contributed by atoms with van der Waals surface area (Å²) >= 11 is 0. The summed E-state index contributed by atoms with van der Waals surface area (Å²) in [5.41, 5.74) is 0.618. The SMILES string of the molecule is COC(C)(C)C(=O)N1C[C@H](c2ccccc2)[C@@H]2[C@H]1C1CCN2CC1. The molecular weight excluding hydrogens is 300 g/mol. The Labute approximate surface area is 144 Å². The Morgan fingerprint density at radius 1 is 1.12 bits per heavy atom. The van der Waals surface area contributed by atoms with Gasteiger partial charge in [-0.05, 0) is 51.3 Å². The summed E-state index contributed by atoms with van der Waals surface area (Å²) in [4.78, 5) is 18.0. The molecular formula is C20H28N2O2. The number of piperidine rings is 3. The highest BCUT2D eigenvalue weighted by Crippen LogP contribution is 2.47. The van der Waals surface area contributed by atoms with Crippen LogP contribution in [-0.4, -0.2) is 60.1 Å². The number of ether oxygens (including phenoxy) is 1. The summed E-state index contributed by atoms with van der Waals surface area (Å²) in [7, 11) is 1.64. The molecule has 130 valence electrons. The van der Waals surface area contributed by atoms with Crippen molar-refractivity contribution in [3.05, 3.63) is 35.9 Å². The summed E-state index contributed by atoms with van der Waals surface area (Å²) in [6.07, 6.45) is 2.44. The van der Waals surface area contributed by atoms with Crippen molar-refractivity contribution < 1.29 is 9.53 Å². The lowest BCUT2D eigenvalue weighted by Gasteiger charge is -2.51. The zero-order valence-corrected chi connectivity index (χ0v) is 14.9. The maximum Gasteiger partial charge on any atom is 0.254 e. The van der Waals surface area contributed by atoms with Crippen LogP contribution < -0.4 is 0 Å². The molecule has 3 atom stereocenters. The number of hydrogen-bond donors (Lipinski definition) is 0. The van der Waals surface area contributed by atoms with Crippen molar-refractivity contribution in [2.45, 2.75) is 50.3 Å². The first kappa shape index (κ1) is 16.1. The lowest BCUT2D eigenvalue weighted by atomic mass is 9.75. The van der Waals surface area contributed by atoms with Crippen LogP contribution >= 0.6 is 0 Å². The molecule has 4 nitrogen and oxygen atoms in total. The zero-order chi connectivity index (χ0) is 16.9. The summed E-state index contributed by atoms with van der Waals surface area (Å²) in [6.45, 7) is 6.97. The molecule has 0 radical (unpaired) electrons. The van der Waals surface area contributed by atoms with Crippen LogP contribution in [0, 0.1) is 5.92 Å². The molecule has 5 rings (SSSR count). The first-order valence-corrected chi connectivity index (χ1v) is 9.18. The molecule has 1 aromatic carbocycles. The Bertz CT molecular complexity index is 607. The molecule has 4 saturated heterocycles. The molecule has 4 aliphatic heterocycles. The van der Waals surface area contributed by atoms with E-state index in [2.05, 4.69) is 40.1 Å². The van der Waals surface area contributed by atoms with Gasteiger partial charge in [0, 0.05) is 25.6 Å². The monoisotopic (exact) mass is 328 g/mol. The van der Waals surface area contributed by atoms with Crippen LogP contribution in [0.5, 0.6) is 0 Å². The number of hydrogen-bond acceptors (Lipinski definition) is 3. The Morgan fingerprint density at radius 3 is 2.42 bits per heavy atom. The average Bonchev–Trinajstić information content (AvgIpc) is 3.05. The molecule has 0 unspecified atom stereocenters. The van der Waals surface area contributed by atoms with Crippen molar-refractivity contribution in [1.29, 1.82) is 0 Å². The van der Waals surface area contributed by atoms with Crippen LogP contribution in [0.4, 0.5) is 0 Å². The third kappa shape index (κ3) is 2.39. The highest BCUT2D eigenvalue weighted by atomic mass is 16.5. The maximum atomic E-state index is 13.2. The van der Waals surface area contributed by atoms with Crippen LogP contribution in [0.15, 0.2) is 30.3 Å². The molecule has 24 heavy (non-hydrogen) atoms. The Balaban J connectivity index is 1.70. The summed E-state index contributed by atoms with van der Waals surface area (Å²) < 4.78 is 5.51. The molecule has 1 amide bonds. The molecule has 0 aliphatic carbocycles. The van der Waals surface area contributed by atoms with E-state index < -0.39 is 5.60 Å². The van der Waals surface area contributed by atoms with Gasteiger partial charge in [0.25, 0.3) is 5.91 Å². The third-order valence-corrected chi connectivity index (χ3v) is 6.51. The number of carbonyl (C=O) groups is 1. The van der Waals surface area contributed by atoms with E-state index in [9.17, 15) is 4.79 Å².